The van der Waals surface area contributed by atoms with Crippen LogP contribution >= 0.6 is 0 Å². The molecule has 0 saturated carbocycles. The van der Waals surface area contributed by atoms with E-state index in [1.165, 1.54) is 25.5 Å². The molecule has 8 heteroatoms. The molecule has 0 heterocycles. The quantitative estimate of drug-likeness (QED) is 0.261. The fourth-order valence-electron chi connectivity index (χ4n) is 1.18. The first kappa shape index (κ1) is 14.7. The molecule has 0 bridgehead atoms. The Morgan fingerprint density at radius 2 is 2.26 bits per heavy atom. The van der Waals surface area contributed by atoms with Gasteiger partial charge in [-0.2, -0.15) is 5.10 Å². The van der Waals surface area contributed by atoms with Crippen molar-refractivity contribution in [3.63, 3.8) is 0 Å². The SMILES string of the molecule is COc1cc(/C=N/NC(=O)C(N)CO)cc(O)c1O. The number of amides is 1. The standard InChI is InChI=1S/C11H15N3O5/c1-19-9-3-6(2-8(16)10(9)17)4-13-14-11(18)7(12)5-15/h2-4,7,15-17H,5,12H2,1H3,(H,14,18)/b13-4+. The van der Waals surface area contributed by atoms with Gasteiger partial charge in [0.25, 0.3) is 5.91 Å². The van der Waals surface area contributed by atoms with Crippen LogP contribution in [0.15, 0.2) is 17.2 Å². The van der Waals surface area contributed by atoms with E-state index in [4.69, 9.17) is 15.6 Å². The summed E-state index contributed by atoms with van der Waals surface area (Å²) in [5.41, 5.74) is 7.76. The lowest BCUT2D eigenvalue weighted by Gasteiger charge is -2.07. The van der Waals surface area contributed by atoms with E-state index in [1.54, 1.807) is 0 Å². The van der Waals surface area contributed by atoms with Crippen LogP contribution in [0.25, 0.3) is 0 Å². The van der Waals surface area contributed by atoms with Crippen molar-refractivity contribution in [2.75, 3.05) is 13.7 Å². The van der Waals surface area contributed by atoms with Gasteiger partial charge < -0.3 is 25.8 Å². The zero-order chi connectivity index (χ0) is 14.4. The van der Waals surface area contributed by atoms with Crippen molar-refractivity contribution in [3.8, 4) is 17.2 Å². The number of nitrogens with one attached hydrogen (secondary N) is 1. The topological polar surface area (TPSA) is 137 Å². The molecule has 1 amide bonds. The molecule has 0 aliphatic carbocycles. The molecule has 0 spiro atoms. The summed E-state index contributed by atoms with van der Waals surface area (Å²) < 4.78 is 4.84. The van der Waals surface area contributed by atoms with Crippen molar-refractivity contribution in [2.45, 2.75) is 6.04 Å². The van der Waals surface area contributed by atoms with Gasteiger partial charge in [0.15, 0.2) is 11.5 Å². The number of hydrazone groups is 1. The molecule has 0 aromatic heterocycles. The third-order valence-corrected chi connectivity index (χ3v) is 2.22. The van der Waals surface area contributed by atoms with Gasteiger partial charge in [-0.15, -0.1) is 0 Å². The second kappa shape index (κ2) is 6.57. The van der Waals surface area contributed by atoms with E-state index >= 15 is 0 Å². The molecule has 19 heavy (non-hydrogen) atoms. The highest BCUT2D eigenvalue weighted by molar-refractivity contribution is 5.85. The number of aliphatic hydroxyl groups is 1. The first-order valence-electron chi connectivity index (χ1n) is 5.29. The number of ether oxygens (including phenoxy) is 1. The number of nitrogens with two attached hydrogens (primary N) is 1. The summed E-state index contributed by atoms with van der Waals surface area (Å²) in [5.74, 6) is -1.33. The van der Waals surface area contributed by atoms with Gasteiger partial charge in [-0.1, -0.05) is 0 Å². The Bertz CT molecular complexity index is 489. The molecule has 0 fully saturated rings. The second-order valence-electron chi connectivity index (χ2n) is 3.61. The summed E-state index contributed by atoms with van der Waals surface area (Å²) in [5, 5.41) is 31.1. The van der Waals surface area contributed by atoms with Gasteiger partial charge in [-0.3, -0.25) is 4.79 Å². The van der Waals surface area contributed by atoms with Crippen molar-refractivity contribution in [3.05, 3.63) is 17.7 Å². The van der Waals surface area contributed by atoms with Crippen molar-refractivity contribution < 1.29 is 24.9 Å². The van der Waals surface area contributed by atoms with Crippen molar-refractivity contribution in [2.24, 2.45) is 10.8 Å². The number of aliphatic hydroxyl groups excluding tert-OH is 1. The molecule has 0 aliphatic rings. The molecule has 6 N–H and O–H groups in total. The normalized spacial score (nSPS) is 12.4. The van der Waals surface area contributed by atoms with Crippen LogP contribution in [0.4, 0.5) is 0 Å². The Morgan fingerprint density at radius 1 is 1.58 bits per heavy atom. The molecular formula is C11H15N3O5. The molecule has 1 atom stereocenters. The molecule has 8 nitrogen and oxygen atoms in total. The number of nitrogens with zero attached hydrogens (tertiary/aromatic N) is 1. The van der Waals surface area contributed by atoms with E-state index in [1.807, 2.05) is 0 Å². The van der Waals surface area contributed by atoms with Crippen LogP contribution in [0.3, 0.4) is 0 Å². The summed E-state index contributed by atoms with van der Waals surface area (Å²) >= 11 is 0. The van der Waals surface area contributed by atoms with Crippen molar-refractivity contribution >= 4 is 12.1 Å². The highest BCUT2D eigenvalue weighted by Crippen LogP contribution is 2.35. The van der Waals surface area contributed by atoms with Crippen molar-refractivity contribution in [1.29, 1.82) is 0 Å². The monoisotopic (exact) mass is 269 g/mol. The number of phenolic OH excluding ortho intramolecular Hbond substituents is 2. The van der Waals surface area contributed by atoms with E-state index in [2.05, 4.69) is 10.5 Å². The van der Waals surface area contributed by atoms with Gasteiger partial charge in [0.1, 0.15) is 6.04 Å². The maximum Gasteiger partial charge on any atom is 0.259 e. The molecule has 1 rings (SSSR count). The summed E-state index contributed by atoms with van der Waals surface area (Å²) in [6.07, 6.45) is 1.23. The van der Waals surface area contributed by atoms with Crippen LogP contribution in [0.1, 0.15) is 5.56 Å². The Labute approximate surface area is 109 Å². The van der Waals surface area contributed by atoms with Crippen LogP contribution in [0.2, 0.25) is 0 Å². The summed E-state index contributed by atoms with van der Waals surface area (Å²) in [6.45, 7) is -0.491. The zero-order valence-electron chi connectivity index (χ0n) is 10.2. The summed E-state index contributed by atoms with van der Waals surface area (Å²) in [6, 6.07) is 1.59. The number of carbonyl (C=O) groups is 1. The van der Waals surface area contributed by atoms with Gasteiger partial charge in [-0.05, 0) is 12.1 Å². The smallest absolute Gasteiger partial charge is 0.259 e. The minimum absolute atomic E-state index is 0.0693. The maximum atomic E-state index is 11.2. The van der Waals surface area contributed by atoms with Crippen LogP contribution in [0.5, 0.6) is 17.2 Å². The first-order valence-corrected chi connectivity index (χ1v) is 5.29. The van der Waals surface area contributed by atoms with Gasteiger partial charge in [0, 0.05) is 5.56 Å². The van der Waals surface area contributed by atoms with Gasteiger partial charge in [-0.25, -0.2) is 5.43 Å². The predicted molar refractivity (Wildman–Crippen MR) is 67.1 cm³/mol. The lowest BCUT2D eigenvalue weighted by atomic mass is 10.2. The summed E-state index contributed by atoms with van der Waals surface area (Å²) in [4.78, 5) is 11.2. The Balaban J connectivity index is 2.77. The third-order valence-electron chi connectivity index (χ3n) is 2.22. The number of hydrogen-bond acceptors (Lipinski definition) is 7. The van der Waals surface area contributed by atoms with Crippen molar-refractivity contribution in [1.82, 2.24) is 5.43 Å². The highest BCUT2D eigenvalue weighted by atomic mass is 16.5. The third kappa shape index (κ3) is 3.83. The maximum absolute atomic E-state index is 11.2. The Kier molecular flexibility index (Phi) is 5.10. The molecule has 1 unspecified atom stereocenters. The fraction of sp³-hybridized carbons (Fsp3) is 0.273. The molecule has 1 aromatic carbocycles. The van der Waals surface area contributed by atoms with E-state index in [9.17, 15) is 15.0 Å². The van der Waals surface area contributed by atoms with Gasteiger partial charge in [0.2, 0.25) is 5.75 Å². The first-order chi connectivity index (χ1) is 8.99. The number of methoxy groups -OCH3 is 1. The minimum atomic E-state index is -1.06. The number of aromatic hydroxyl groups is 2. The highest BCUT2D eigenvalue weighted by Gasteiger charge is 2.11. The number of rotatable bonds is 5. The Morgan fingerprint density at radius 3 is 2.84 bits per heavy atom. The second-order valence-corrected chi connectivity index (χ2v) is 3.61. The van der Waals surface area contributed by atoms with E-state index < -0.39 is 18.6 Å². The van der Waals surface area contributed by atoms with Gasteiger partial charge in [0.05, 0.1) is 19.9 Å². The number of carbonyl (C=O) groups excluding carboxylic acids is 1. The summed E-state index contributed by atoms with van der Waals surface area (Å²) in [7, 11) is 1.33. The lowest BCUT2D eigenvalue weighted by molar-refractivity contribution is -0.123. The lowest BCUT2D eigenvalue weighted by Crippen LogP contribution is -2.40. The van der Waals surface area contributed by atoms with Crippen LogP contribution in [-0.2, 0) is 4.79 Å². The zero-order valence-corrected chi connectivity index (χ0v) is 10.2. The molecule has 0 aliphatic heterocycles. The van der Waals surface area contributed by atoms with E-state index in [-0.39, 0.29) is 17.2 Å². The van der Waals surface area contributed by atoms with E-state index in [0.717, 1.165) is 0 Å². The van der Waals surface area contributed by atoms with E-state index in [0.29, 0.717) is 5.56 Å². The van der Waals surface area contributed by atoms with Gasteiger partial charge >= 0.3 is 0 Å². The minimum Gasteiger partial charge on any atom is -0.504 e. The molecule has 104 valence electrons. The largest absolute Gasteiger partial charge is 0.504 e. The number of hydrogen-bond donors (Lipinski definition) is 5. The fourth-order valence-corrected chi connectivity index (χ4v) is 1.18. The number of phenols is 2. The predicted octanol–water partition coefficient (Wildman–Crippen LogP) is -1.12. The molecule has 0 radical (unpaired) electrons. The average Bonchev–Trinajstić information content (AvgIpc) is 2.41. The average molecular weight is 269 g/mol. The van der Waals surface area contributed by atoms with Crippen LogP contribution in [0, 0.1) is 0 Å². The Hall–Kier alpha value is -2.32. The van der Waals surface area contributed by atoms with Crippen LogP contribution < -0.4 is 15.9 Å². The molecule has 0 saturated heterocycles. The van der Waals surface area contributed by atoms with Crippen LogP contribution in [-0.4, -0.2) is 47.2 Å². The number of benzene rings is 1. The molecular weight excluding hydrogens is 254 g/mol. The molecule has 1 aromatic rings.